The maximum atomic E-state index is 12.7. The maximum Gasteiger partial charge on any atom is 0.339 e. The predicted octanol–water partition coefficient (Wildman–Crippen LogP) is 1.49. The van der Waals surface area contributed by atoms with Gasteiger partial charge in [-0.1, -0.05) is 30.3 Å². The molecule has 2 atom stereocenters. The number of nitrogens with zero attached hydrogens (tertiary/aromatic N) is 1. The van der Waals surface area contributed by atoms with Crippen molar-refractivity contribution < 1.29 is 24.2 Å². The lowest BCUT2D eigenvalue weighted by atomic mass is 9.98. The Morgan fingerprint density at radius 1 is 1.35 bits per heavy atom. The van der Waals surface area contributed by atoms with Crippen LogP contribution >= 0.6 is 23.7 Å². The van der Waals surface area contributed by atoms with Crippen molar-refractivity contribution in [1.29, 1.82) is 0 Å². The highest BCUT2D eigenvalue weighted by molar-refractivity contribution is 8.14. The van der Waals surface area contributed by atoms with Crippen LogP contribution in [0, 0.1) is 0 Å². The average Bonchev–Trinajstić information content (AvgIpc) is 3.31. The molecule has 9 heteroatoms. The Morgan fingerprint density at radius 2 is 2.12 bits per heavy atom. The van der Waals surface area contributed by atoms with E-state index in [0.717, 1.165) is 29.8 Å². The monoisotopic (exact) mass is 396 g/mol. The van der Waals surface area contributed by atoms with Gasteiger partial charge in [0.05, 0.1) is 0 Å². The fraction of sp³-hybridized carbons (Fsp3) is 0.471. The third-order valence-electron chi connectivity index (χ3n) is 4.36. The molecular weight excluding hydrogens is 376 g/mol. The highest BCUT2D eigenvalue weighted by atomic mass is 32.2. The molecule has 1 aromatic rings. The second kappa shape index (κ2) is 8.43. The van der Waals surface area contributed by atoms with E-state index in [9.17, 15) is 19.5 Å². The van der Waals surface area contributed by atoms with E-state index in [4.69, 9.17) is 4.74 Å². The molecule has 0 bridgehead atoms. The standard InChI is InChI=1S/C17H20N2O5S2/c20-14(13-18-8-10-25-13)26-19-9-4-7-17(19,15(21)22)16(23)24-11-12-5-2-1-3-6-12/h1-3,5-6,13,18H,4,7-11H2,(H,21,22)/t13-,17-/m0/s1. The smallest absolute Gasteiger partial charge is 0.339 e. The second-order valence-electron chi connectivity index (χ2n) is 6.05. The molecule has 2 saturated heterocycles. The fourth-order valence-electron chi connectivity index (χ4n) is 3.00. The molecule has 3 rings (SSSR count). The van der Waals surface area contributed by atoms with E-state index in [1.165, 1.54) is 16.1 Å². The molecule has 1 aromatic carbocycles. The Hall–Kier alpha value is -1.55. The van der Waals surface area contributed by atoms with Crippen LogP contribution in [0.5, 0.6) is 0 Å². The van der Waals surface area contributed by atoms with Gasteiger partial charge in [-0.15, -0.1) is 11.8 Å². The van der Waals surface area contributed by atoms with E-state index >= 15 is 0 Å². The van der Waals surface area contributed by atoms with Crippen molar-refractivity contribution in [3.63, 3.8) is 0 Å². The van der Waals surface area contributed by atoms with Crippen LogP contribution < -0.4 is 5.32 Å². The van der Waals surface area contributed by atoms with Gasteiger partial charge in [0.1, 0.15) is 12.0 Å². The van der Waals surface area contributed by atoms with Crippen LogP contribution in [-0.4, -0.2) is 56.2 Å². The lowest BCUT2D eigenvalue weighted by Crippen LogP contribution is -2.55. The third kappa shape index (κ3) is 3.90. The zero-order valence-corrected chi connectivity index (χ0v) is 15.7. The normalized spacial score (nSPS) is 25.9. The predicted molar refractivity (Wildman–Crippen MR) is 99.4 cm³/mol. The number of hydrogen-bond donors (Lipinski definition) is 2. The van der Waals surface area contributed by atoms with Crippen LogP contribution in [0.3, 0.4) is 0 Å². The number of ether oxygens (including phenoxy) is 1. The highest BCUT2D eigenvalue weighted by Crippen LogP contribution is 2.38. The number of aliphatic carboxylic acids is 1. The lowest BCUT2D eigenvalue weighted by Gasteiger charge is -2.31. The van der Waals surface area contributed by atoms with Crippen molar-refractivity contribution in [2.75, 3.05) is 18.8 Å². The molecule has 2 fully saturated rings. The number of hydrogen-bond acceptors (Lipinski definition) is 8. The Labute approximate surface area is 160 Å². The molecule has 0 unspecified atom stereocenters. The van der Waals surface area contributed by atoms with Crippen molar-refractivity contribution >= 4 is 40.8 Å². The summed E-state index contributed by atoms with van der Waals surface area (Å²) in [4.78, 5) is 37.1. The molecule has 2 heterocycles. The van der Waals surface area contributed by atoms with Gasteiger partial charge in [-0.2, -0.15) is 0 Å². The Bertz CT molecular complexity index is 681. The van der Waals surface area contributed by atoms with Crippen molar-refractivity contribution in [3.05, 3.63) is 35.9 Å². The molecule has 2 N–H and O–H groups in total. The highest BCUT2D eigenvalue weighted by Gasteiger charge is 2.57. The molecule has 2 aliphatic rings. The summed E-state index contributed by atoms with van der Waals surface area (Å²) in [6.07, 6.45) is 0.639. The number of carboxylic acids is 1. The van der Waals surface area contributed by atoms with Gasteiger partial charge < -0.3 is 9.84 Å². The van der Waals surface area contributed by atoms with Crippen LogP contribution in [0.15, 0.2) is 30.3 Å². The molecule has 26 heavy (non-hydrogen) atoms. The minimum Gasteiger partial charge on any atom is -0.479 e. The van der Waals surface area contributed by atoms with Crippen molar-refractivity contribution in [1.82, 2.24) is 9.62 Å². The SMILES string of the molecule is O=C(SN1CCC[C@]1(C(=O)O)C(=O)OCc1ccccc1)[C@H]1NCCS1. The minimum atomic E-state index is -1.82. The third-order valence-corrected chi connectivity index (χ3v) is 6.79. The number of thioether (sulfide) groups is 1. The van der Waals surface area contributed by atoms with Crippen LogP contribution in [0.1, 0.15) is 18.4 Å². The lowest BCUT2D eigenvalue weighted by molar-refractivity contribution is -0.166. The van der Waals surface area contributed by atoms with E-state index in [-0.39, 0.29) is 23.5 Å². The molecule has 140 valence electrons. The van der Waals surface area contributed by atoms with Crippen molar-refractivity contribution in [2.45, 2.75) is 30.4 Å². The summed E-state index contributed by atoms with van der Waals surface area (Å²) in [6.45, 7) is 1.09. The first kappa shape index (κ1) is 19.2. The van der Waals surface area contributed by atoms with Gasteiger partial charge in [0, 0.05) is 30.8 Å². The Kier molecular flexibility index (Phi) is 6.23. The van der Waals surface area contributed by atoms with E-state index in [0.29, 0.717) is 13.0 Å². The van der Waals surface area contributed by atoms with Gasteiger partial charge >= 0.3 is 11.9 Å². The molecule has 2 aliphatic heterocycles. The maximum absolute atomic E-state index is 12.7. The second-order valence-corrected chi connectivity index (χ2v) is 8.29. The average molecular weight is 396 g/mol. The van der Waals surface area contributed by atoms with Gasteiger partial charge in [0.25, 0.3) is 0 Å². The van der Waals surface area contributed by atoms with Crippen molar-refractivity contribution in [3.8, 4) is 0 Å². The van der Waals surface area contributed by atoms with E-state index < -0.39 is 17.5 Å². The van der Waals surface area contributed by atoms with Crippen LogP contribution in [0.4, 0.5) is 0 Å². The van der Waals surface area contributed by atoms with E-state index in [2.05, 4.69) is 5.32 Å². The summed E-state index contributed by atoms with van der Waals surface area (Å²) in [5.41, 5.74) is -1.04. The molecule has 0 radical (unpaired) electrons. The first-order valence-electron chi connectivity index (χ1n) is 8.33. The summed E-state index contributed by atoms with van der Waals surface area (Å²) in [5.74, 6) is -1.26. The molecular formula is C17H20N2O5S2. The summed E-state index contributed by atoms with van der Waals surface area (Å²) >= 11 is 2.31. The van der Waals surface area contributed by atoms with Gasteiger partial charge in [0.2, 0.25) is 10.7 Å². The molecule has 0 amide bonds. The number of carboxylic acid groups (broad SMARTS) is 1. The van der Waals surface area contributed by atoms with E-state index in [1.807, 2.05) is 18.2 Å². The molecule has 0 saturated carbocycles. The zero-order chi connectivity index (χ0) is 18.6. The first-order chi connectivity index (χ1) is 12.5. The van der Waals surface area contributed by atoms with E-state index in [1.54, 1.807) is 12.1 Å². The quantitative estimate of drug-likeness (QED) is 0.421. The molecule has 0 aliphatic carbocycles. The zero-order valence-electron chi connectivity index (χ0n) is 14.1. The number of carbonyl (C=O) groups excluding carboxylic acids is 2. The number of esters is 1. The Balaban J connectivity index is 1.71. The topological polar surface area (TPSA) is 95.9 Å². The molecule has 7 nitrogen and oxygen atoms in total. The van der Waals surface area contributed by atoms with Crippen LogP contribution in [-0.2, 0) is 25.7 Å². The fourth-order valence-corrected chi connectivity index (χ4v) is 5.19. The minimum absolute atomic E-state index is 0.00118. The largest absolute Gasteiger partial charge is 0.479 e. The first-order valence-corrected chi connectivity index (χ1v) is 10.2. The van der Waals surface area contributed by atoms with Gasteiger partial charge in [-0.05, 0) is 18.4 Å². The van der Waals surface area contributed by atoms with Crippen molar-refractivity contribution in [2.24, 2.45) is 0 Å². The Morgan fingerprint density at radius 3 is 2.77 bits per heavy atom. The summed E-state index contributed by atoms with van der Waals surface area (Å²) in [6, 6.07) is 9.08. The number of carbonyl (C=O) groups is 3. The summed E-state index contributed by atoms with van der Waals surface area (Å²) in [5, 5.41) is 12.3. The number of benzene rings is 1. The van der Waals surface area contributed by atoms with Crippen LogP contribution in [0.25, 0.3) is 0 Å². The van der Waals surface area contributed by atoms with Gasteiger partial charge in [-0.25, -0.2) is 13.9 Å². The number of rotatable bonds is 6. The summed E-state index contributed by atoms with van der Waals surface area (Å²) < 4.78 is 6.69. The molecule has 0 aromatic heterocycles. The van der Waals surface area contributed by atoms with Gasteiger partial charge in [0.15, 0.2) is 0 Å². The summed E-state index contributed by atoms with van der Waals surface area (Å²) in [7, 11) is 0. The van der Waals surface area contributed by atoms with Gasteiger partial charge in [-0.3, -0.25) is 10.1 Å². The molecule has 0 spiro atoms. The van der Waals surface area contributed by atoms with Crippen LogP contribution in [0.2, 0.25) is 0 Å². The number of nitrogens with one attached hydrogen (secondary N) is 1.